The summed E-state index contributed by atoms with van der Waals surface area (Å²) >= 11 is 0. The molecular formula is C53H37N5O2. The molecule has 0 atom stereocenters. The van der Waals surface area contributed by atoms with Gasteiger partial charge in [0.05, 0.1) is 0 Å². The third kappa shape index (κ3) is 5.18. The lowest BCUT2D eigenvalue weighted by Crippen LogP contribution is -2.15. The van der Waals surface area contributed by atoms with Crippen LogP contribution in [-0.2, 0) is 10.8 Å². The zero-order valence-corrected chi connectivity index (χ0v) is 33.5. The van der Waals surface area contributed by atoms with Gasteiger partial charge in [-0.05, 0) is 99.1 Å². The van der Waals surface area contributed by atoms with Crippen molar-refractivity contribution in [3.63, 3.8) is 0 Å². The molecule has 2 aliphatic rings. The summed E-state index contributed by atoms with van der Waals surface area (Å²) in [5.41, 5.74) is 16.8. The van der Waals surface area contributed by atoms with Gasteiger partial charge in [-0.1, -0.05) is 125 Å². The van der Waals surface area contributed by atoms with Crippen molar-refractivity contribution in [1.82, 2.24) is 24.9 Å². The second-order valence-corrected chi connectivity index (χ2v) is 16.9. The number of nitrogens with zero attached hydrogens (tertiary/aromatic N) is 5. The Morgan fingerprint density at radius 1 is 0.333 bits per heavy atom. The number of oxazole rings is 2. The van der Waals surface area contributed by atoms with Gasteiger partial charge in [-0.2, -0.15) is 0 Å². The zero-order valence-electron chi connectivity index (χ0n) is 33.5. The first kappa shape index (κ1) is 34.5. The molecule has 0 radical (unpaired) electrons. The summed E-state index contributed by atoms with van der Waals surface area (Å²) in [5.74, 6) is 2.63. The van der Waals surface area contributed by atoms with Crippen LogP contribution in [0.5, 0.6) is 0 Å². The van der Waals surface area contributed by atoms with Crippen LogP contribution in [0.25, 0.3) is 102 Å². The van der Waals surface area contributed by atoms with Crippen LogP contribution in [0.3, 0.4) is 0 Å². The normalized spacial score (nSPS) is 14.3. The van der Waals surface area contributed by atoms with Gasteiger partial charge < -0.3 is 8.83 Å². The maximum absolute atomic E-state index is 6.34. The van der Waals surface area contributed by atoms with Gasteiger partial charge in [0, 0.05) is 38.6 Å². The molecule has 0 spiro atoms. The van der Waals surface area contributed by atoms with E-state index in [0.29, 0.717) is 40.4 Å². The second-order valence-electron chi connectivity index (χ2n) is 16.9. The molecular weight excluding hydrogens is 739 g/mol. The Labute approximate surface area is 346 Å². The number of hydrogen-bond acceptors (Lipinski definition) is 7. The van der Waals surface area contributed by atoms with Crippen molar-refractivity contribution in [2.24, 2.45) is 0 Å². The fraction of sp³-hybridized carbons (Fsp3) is 0.113. The monoisotopic (exact) mass is 775 g/mol. The molecule has 0 bridgehead atoms. The molecule has 2 aliphatic carbocycles. The molecule has 7 heteroatoms. The second kappa shape index (κ2) is 12.5. The van der Waals surface area contributed by atoms with Crippen LogP contribution in [0, 0.1) is 0 Å². The van der Waals surface area contributed by atoms with E-state index in [9.17, 15) is 0 Å². The van der Waals surface area contributed by atoms with E-state index >= 15 is 0 Å². The summed E-state index contributed by atoms with van der Waals surface area (Å²) < 4.78 is 12.7. The van der Waals surface area contributed by atoms with Gasteiger partial charge in [0.2, 0.25) is 11.8 Å². The minimum Gasteiger partial charge on any atom is -0.436 e. The van der Waals surface area contributed by atoms with Crippen LogP contribution < -0.4 is 0 Å². The lowest BCUT2D eigenvalue weighted by molar-refractivity contribution is 0.617. The number of para-hydroxylation sites is 4. The number of benzene rings is 7. The topological polar surface area (TPSA) is 90.7 Å². The fourth-order valence-electron chi connectivity index (χ4n) is 9.46. The van der Waals surface area contributed by atoms with Crippen LogP contribution in [0.2, 0.25) is 0 Å². The molecule has 7 nitrogen and oxygen atoms in total. The Morgan fingerprint density at radius 3 is 1.37 bits per heavy atom. The van der Waals surface area contributed by atoms with E-state index in [1.54, 1.807) is 0 Å². The molecule has 7 aromatic carbocycles. The first-order valence-electron chi connectivity index (χ1n) is 20.3. The van der Waals surface area contributed by atoms with Gasteiger partial charge >= 0.3 is 0 Å². The number of aromatic nitrogens is 5. The average molecular weight is 776 g/mol. The number of rotatable bonds is 5. The van der Waals surface area contributed by atoms with Crippen molar-refractivity contribution < 1.29 is 8.83 Å². The number of hydrogen-bond donors (Lipinski definition) is 0. The molecule has 10 aromatic rings. The summed E-state index contributed by atoms with van der Waals surface area (Å²) in [6.45, 7) is 9.17. The lowest BCUT2D eigenvalue weighted by Gasteiger charge is -2.22. The van der Waals surface area contributed by atoms with Gasteiger partial charge in [0.1, 0.15) is 11.0 Å². The Morgan fingerprint density at radius 2 is 0.767 bits per heavy atom. The highest BCUT2D eigenvalue weighted by molar-refractivity contribution is 5.87. The van der Waals surface area contributed by atoms with Crippen molar-refractivity contribution in [2.75, 3.05) is 0 Å². The fourth-order valence-corrected chi connectivity index (χ4v) is 9.46. The van der Waals surface area contributed by atoms with Crippen molar-refractivity contribution in [3.8, 4) is 79.3 Å². The number of fused-ring (bicyclic) bond motifs is 8. The van der Waals surface area contributed by atoms with Gasteiger partial charge in [-0.25, -0.2) is 24.9 Å². The maximum atomic E-state index is 6.34. The highest BCUT2D eigenvalue weighted by Gasteiger charge is 2.37. The van der Waals surface area contributed by atoms with E-state index in [2.05, 4.69) is 113 Å². The minimum absolute atomic E-state index is 0.124. The standard InChI is InChI=1S/C53H37N5O2/c1-52(2)40-16-8-6-14-36(40)38-28-30(22-24-41(38)52)47-56-48(31-21-23-37-35-13-5-7-15-39(35)53(3,4)42(37)29-31)58-49(57-47)32-25-33(50-54-43-17-9-11-19-45(43)59-50)27-34(26-32)51-55-44-18-10-12-20-46(44)60-51/h5-29H,1-4H3. The summed E-state index contributed by atoms with van der Waals surface area (Å²) in [6.07, 6.45) is 0. The van der Waals surface area contributed by atoms with Crippen LogP contribution in [0.15, 0.2) is 160 Å². The van der Waals surface area contributed by atoms with Crippen LogP contribution in [0.1, 0.15) is 49.9 Å². The molecule has 3 aromatic heterocycles. The first-order chi connectivity index (χ1) is 29.2. The van der Waals surface area contributed by atoms with Gasteiger partial charge in [0.15, 0.2) is 28.6 Å². The van der Waals surface area contributed by atoms with E-state index < -0.39 is 0 Å². The van der Waals surface area contributed by atoms with Gasteiger partial charge in [0.25, 0.3) is 0 Å². The smallest absolute Gasteiger partial charge is 0.227 e. The molecule has 0 saturated heterocycles. The average Bonchev–Trinajstić information content (AvgIpc) is 4.03. The van der Waals surface area contributed by atoms with Gasteiger partial charge in [-0.3, -0.25) is 0 Å². The zero-order chi connectivity index (χ0) is 40.3. The van der Waals surface area contributed by atoms with E-state index in [0.717, 1.165) is 38.9 Å². The van der Waals surface area contributed by atoms with Crippen LogP contribution >= 0.6 is 0 Å². The van der Waals surface area contributed by atoms with Crippen LogP contribution in [0.4, 0.5) is 0 Å². The van der Waals surface area contributed by atoms with E-state index in [1.807, 2.05) is 66.7 Å². The molecule has 0 saturated carbocycles. The Hall–Kier alpha value is -7.51. The molecule has 12 rings (SSSR count). The van der Waals surface area contributed by atoms with Crippen LogP contribution in [-0.4, -0.2) is 24.9 Å². The van der Waals surface area contributed by atoms with Gasteiger partial charge in [-0.15, -0.1) is 0 Å². The molecule has 3 heterocycles. The molecule has 60 heavy (non-hydrogen) atoms. The quantitative estimate of drug-likeness (QED) is 0.172. The van der Waals surface area contributed by atoms with Crippen molar-refractivity contribution in [2.45, 2.75) is 38.5 Å². The molecule has 0 aliphatic heterocycles. The largest absolute Gasteiger partial charge is 0.436 e. The molecule has 0 amide bonds. The predicted octanol–water partition coefficient (Wildman–Crippen LogP) is 13.1. The van der Waals surface area contributed by atoms with E-state index in [-0.39, 0.29) is 10.8 Å². The molecule has 0 N–H and O–H groups in total. The Balaban J connectivity index is 1.08. The summed E-state index contributed by atoms with van der Waals surface area (Å²) in [7, 11) is 0. The highest BCUT2D eigenvalue weighted by Crippen LogP contribution is 2.51. The third-order valence-electron chi connectivity index (χ3n) is 12.6. The first-order valence-corrected chi connectivity index (χ1v) is 20.3. The molecule has 0 fully saturated rings. The summed E-state index contributed by atoms with van der Waals surface area (Å²) in [4.78, 5) is 25.6. The Kier molecular flexibility index (Phi) is 7.19. The van der Waals surface area contributed by atoms with E-state index in [4.69, 9.17) is 33.8 Å². The maximum Gasteiger partial charge on any atom is 0.227 e. The molecule has 286 valence electrons. The third-order valence-corrected chi connectivity index (χ3v) is 12.6. The van der Waals surface area contributed by atoms with Crippen molar-refractivity contribution in [1.29, 1.82) is 0 Å². The van der Waals surface area contributed by atoms with Crippen molar-refractivity contribution >= 4 is 22.2 Å². The molecule has 0 unspecified atom stereocenters. The van der Waals surface area contributed by atoms with Crippen molar-refractivity contribution in [3.05, 3.63) is 174 Å². The summed E-state index contributed by atoms with van der Waals surface area (Å²) in [6, 6.07) is 52.2. The highest BCUT2D eigenvalue weighted by atomic mass is 16.4. The Bertz CT molecular complexity index is 3250. The lowest BCUT2D eigenvalue weighted by atomic mass is 9.82. The van der Waals surface area contributed by atoms with E-state index in [1.165, 1.54) is 44.5 Å². The summed E-state index contributed by atoms with van der Waals surface area (Å²) in [5, 5.41) is 0. The minimum atomic E-state index is -0.191. The SMILES string of the molecule is CC1(C)c2ccccc2-c2cc(-c3nc(-c4cc(-c5nc6ccccc6o5)cc(-c5nc6ccccc6o5)c4)nc(-c4ccc5c(c4)C(C)(C)c4ccccc4-5)n3)ccc21. The predicted molar refractivity (Wildman–Crippen MR) is 237 cm³/mol.